The molecule has 0 radical (unpaired) electrons. The molecule has 0 amide bonds. The van der Waals surface area contributed by atoms with Crippen LogP contribution in [0.4, 0.5) is 8.78 Å². The molecule has 1 N–H and O–H groups in total. The Hall–Kier alpha value is -1.49. The van der Waals surface area contributed by atoms with E-state index in [2.05, 4.69) is 0 Å². The minimum Gasteiger partial charge on any atom is -0.481 e. The van der Waals surface area contributed by atoms with Crippen molar-refractivity contribution in [2.24, 2.45) is 5.41 Å². The average Bonchev–Trinajstić information content (AvgIpc) is 2.36. The number of halogens is 2. The van der Waals surface area contributed by atoms with Crippen LogP contribution in [-0.4, -0.2) is 24.3 Å². The lowest BCUT2D eigenvalue weighted by molar-refractivity contribution is -0.160. The number of benzene rings is 1. The number of rotatable bonds is 2. The molecule has 0 aromatic heterocycles. The van der Waals surface area contributed by atoms with Crippen LogP contribution in [0.3, 0.4) is 0 Å². The van der Waals surface area contributed by atoms with E-state index in [0.29, 0.717) is 26.1 Å². The highest BCUT2D eigenvalue weighted by Gasteiger charge is 2.60. The second kappa shape index (κ2) is 4.52. The van der Waals surface area contributed by atoms with Gasteiger partial charge >= 0.3 is 5.97 Å². The van der Waals surface area contributed by atoms with Crippen molar-refractivity contribution in [1.82, 2.24) is 0 Å². The number of hydrogen-bond acceptors (Lipinski definition) is 2. The Bertz CT molecular complexity index is 542. The molecule has 1 aliphatic carbocycles. The van der Waals surface area contributed by atoms with Gasteiger partial charge in [0.15, 0.2) is 0 Å². The lowest BCUT2D eigenvalue weighted by atomic mass is 9.48. The van der Waals surface area contributed by atoms with Gasteiger partial charge in [0.2, 0.25) is 0 Å². The first-order valence-electron chi connectivity index (χ1n) is 6.74. The predicted octanol–water partition coefficient (Wildman–Crippen LogP) is 2.88. The molecule has 1 aliphatic heterocycles. The van der Waals surface area contributed by atoms with Gasteiger partial charge in [-0.25, -0.2) is 8.78 Å². The van der Waals surface area contributed by atoms with Crippen LogP contribution >= 0.6 is 0 Å². The highest BCUT2D eigenvalue weighted by atomic mass is 19.1. The second-order valence-corrected chi connectivity index (χ2v) is 5.98. The molecule has 3 nitrogen and oxygen atoms in total. The molecule has 1 saturated heterocycles. The van der Waals surface area contributed by atoms with E-state index in [9.17, 15) is 18.7 Å². The Kier molecular flexibility index (Phi) is 3.05. The molecule has 1 heterocycles. The van der Waals surface area contributed by atoms with Crippen molar-refractivity contribution in [3.8, 4) is 0 Å². The van der Waals surface area contributed by atoms with Crippen LogP contribution in [-0.2, 0) is 14.9 Å². The molecular formula is C15H16F2O3. The summed E-state index contributed by atoms with van der Waals surface area (Å²) in [6.45, 7) is 1.25. The molecule has 1 aromatic rings. The SMILES string of the molecule is O=C(O)C1(c2ccc(F)cc2F)CC2(CCOCC2)C1. The number of aliphatic carboxylic acids is 1. The lowest BCUT2D eigenvalue weighted by Gasteiger charge is -2.55. The van der Waals surface area contributed by atoms with Gasteiger partial charge < -0.3 is 9.84 Å². The highest BCUT2D eigenvalue weighted by Crippen LogP contribution is 2.60. The maximum absolute atomic E-state index is 14.0. The monoisotopic (exact) mass is 282 g/mol. The molecule has 1 saturated carbocycles. The quantitative estimate of drug-likeness (QED) is 0.907. The largest absolute Gasteiger partial charge is 0.481 e. The van der Waals surface area contributed by atoms with E-state index < -0.39 is 23.0 Å². The van der Waals surface area contributed by atoms with E-state index in [0.717, 1.165) is 25.0 Å². The smallest absolute Gasteiger partial charge is 0.314 e. The summed E-state index contributed by atoms with van der Waals surface area (Å²) in [4.78, 5) is 11.7. The zero-order valence-corrected chi connectivity index (χ0v) is 11.0. The van der Waals surface area contributed by atoms with Gasteiger partial charge in [0.1, 0.15) is 11.6 Å². The summed E-state index contributed by atoms with van der Waals surface area (Å²) >= 11 is 0. The second-order valence-electron chi connectivity index (χ2n) is 5.98. The molecule has 1 spiro atoms. The Morgan fingerprint density at radius 2 is 1.85 bits per heavy atom. The summed E-state index contributed by atoms with van der Waals surface area (Å²) in [6, 6.07) is 3.15. The summed E-state index contributed by atoms with van der Waals surface area (Å²) in [6.07, 6.45) is 2.43. The summed E-state index contributed by atoms with van der Waals surface area (Å²) in [5.74, 6) is -2.48. The first-order chi connectivity index (χ1) is 9.47. The van der Waals surface area contributed by atoms with E-state index >= 15 is 0 Å². The number of carboxylic acids is 1. The van der Waals surface area contributed by atoms with Crippen LogP contribution < -0.4 is 0 Å². The van der Waals surface area contributed by atoms with Crippen molar-refractivity contribution in [2.45, 2.75) is 31.1 Å². The third kappa shape index (κ3) is 1.92. The first kappa shape index (κ1) is 13.5. The van der Waals surface area contributed by atoms with E-state index in [1.807, 2.05) is 0 Å². The molecule has 1 aromatic carbocycles. The average molecular weight is 282 g/mol. The molecule has 20 heavy (non-hydrogen) atoms. The van der Waals surface area contributed by atoms with Gasteiger partial charge in [-0.3, -0.25) is 4.79 Å². The van der Waals surface area contributed by atoms with Gasteiger partial charge in [-0.2, -0.15) is 0 Å². The normalized spacial score (nSPS) is 23.3. The maximum Gasteiger partial charge on any atom is 0.314 e. The van der Waals surface area contributed by atoms with Gasteiger partial charge in [0.05, 0.1) is 5.41 Å². The first-order valence-corrected chi connectivity index (χ1v) is 6.74. The minimum atomic E-state index is -1.21. The fraction of sp³-hybridized carbons (Fsp3) is 0.533. The predicted molar refractivity (Wildman–Crippen MR) is 67.4 cm³/mol. The maximum atomic E-state index is 14.0. The molecule has 5 heteroatoms. The van der Waals surface area contributed by atoms with Gasteiger partial charge in [0, 0.05) is 24.8 Å². The van der Waals surface area contributed by atoms with E-state index in [1.54, 1.807) is 0 Å². The van der Waals surface area contributed by atoms with Crippen molar-refractivity contribution < 1.29 is 23.4 Å². The fourth-order valence-electron chi connectivity index (χ4n) is 3.72. The zero-order valence-electron chi connectivity index (χ0n) is 11.0. The van der Waals surface area contributed by atoms with Crippen LogP contribution in [0.15, 0.2) is 18.2 Å². The van der Waals surface area contributed by atoms with Gasteiger partial charge in [-0.05, 0) is 37.2 Å². The van der Waals surface area contributed by atoms with Crippen molar-refractivity contribution in [3.05, 3.63) is 35.4 Å². The number of ether oxygens (including phenoxy) is 1. The molecular weight excluding hydrogens is 266 g/mol. The van der Waals surface area contributed by atoms with Crippen molar-refractivity contribution in [1.29, 1.82) is 0 Å². The summed E-state index contributed by atoms with van der Waals surface area (Å²) in [5, 5.41) is 9.55. The molecule has 0 unspecified atom stereocenters. The Balaban J connectivity index is 1.93. The van der Waals surface area contributed by atoms with Crippen LogP contribution in [0.2, 0.25) is 0 Å². The third-order valence-electron chi connectivity index (χ3n) is 4.76. The summed E-state index contributed by atoms with van der Waals surface area (Å²) < 4.78 is 32.3. The Morgan fingerprint density at radius 3 is 2.40 bits per heavy atom. The van der Waals surface area contributed by atoms with Gasteiger partial charge in [-0.1, -0.05) is 6.07 Å². The molecule has 108 valence electrons. The number of carboxylic acid groups (broad SMARTS) is 1. The lowest BCUT2D eigenvalue weighted by Crippen LogP contribution is -2.56. The molecule has 0 bridgehead atoms. The van der Waals surface area contributed by atoms with E-state index in [-0.39, 0.29) is 11.0 Å². The van der Waals surface area contributed by atoms with Crippen molar-refractivity contribution in [2.75, 3.05) is 13.2 Å². The van der Waals surface area contributed by atoms with Crippen LogP contribution in [0.1, 0.15) is 31.2 Å². The zero-order chi connectivity index (χ0) is 14.4. The van der Waals surface area contributed by atoms with E-state index in [1.165, 1.54) is 6.07 Å². The standard InChI is InChI=1S/C15H16F2O3/c16-10-1-2-11(12(17)7-10)15(13(18)19)8-14(9-15)3-5-20-6-4-14/h1-2,7H,3-6,8-9H2,(H,18,19). The molecule has 2 aliphatic rings. The molecule has 0 atom stereocenters. The number of carbonyl (C=O) groups is 1. The topological polar surface area (TPSA) is 46.5 Å². The minimum absolute atomic E-state index is 0.0581. The summed E-state index contributed by atoms with van der Waals surface area (Å²) in [7, 11) is 0. The van der Waals surface area contributed by atoms with Gasteiger partial charge in [-0.15, -0.1) is 0 Å². The van der Waals surface area contributed by atoms with E-state index in [4.69, 9.17) is 4.74 Å². The van der Waals surface area contributed by atoms with Crippen LogP contribution in [0, 0.1) is 17.0 Å². The third-order valence-corrected chi connectivity index (χ3v) is 4.76. The Morgan fingerprint density at radius 1 is 1.20 bits per heavy atom. The number of hydrogen-bond donors (Lipinski definition) is 1. The molecule has 3 rings (SSSR count). The van der Waals surface area contributed by atoms with Crippen molar-refractivity contribution >= 4 is 5.97 Å². The van der Waals surface area contributed by atoms with Crippen molar-refractivity contribution in [3.63, 3.8) is 0 Å². The van der Waals surface area contributed by atoms with Gasteiger partial charge in [0.25, 0.3) is 0 Å². The van der Waals surface area contributed by atoms with Crippen LogP contribution in [0.25, 0.3) is 0 Å². The highest BCUT2D eigenvalue weighted by molar-refractivity contribution is 5.83. The molecule has 2 fully saturated rings. The van der Waals surface area contributed by atoms with Crippen LogP contribution in [0.5, 0.6) is 0 Å². The fourth-order valence-corrected chi connectivity index (χ4v) is 3.72. The summed E-state index contributed by atoms with van der Waals surface area (Å²) in [5.41, 5.74) is -1.17. The Labute approximate surface area is 115 Å².